The number of anilines is 1. The molecule has 214 valence electrons. The zero-order valence-electron chi connectivity index (χ0n) is 22.0. The van der Waals surface area contributed by atoms with Crippen molar-refractivity contribution in [1.82, 2.24) is 9.62 Å². The van der Waals surface area contributed by atoms with E-state index >= 15 is 0 Å². The van der Waals surface area contributed by atoms with Gasteiger partial charge in [0.1, 0.15) is 6.10 Å². The first-order valence-electron chi connectivity index (χ1n) is 13.0. The third-order valence-electron chi connectivity index (χ3n) is 6.81. The summed E-state index contributed by atoms with van der Waals surface area (Å²) >= 11 is 6.33. The molecule has 0 aliphatic carbocycles. The van der Waals surface area contributed by atoms with Gasteiger partial charge >= 0.3 is 6.09 Å². The van der Waals surface area contributed by atoms with Crippen LogP contribution in [-0.2, 0) is 30.7 Å². The summed E-state index contributed by atoms with van der Waals surface area (Å²) in [6.45, 7) is 4.18. The van der Waals surface area contributed by atoms with Gasteiger partial charge in [0.25, 0.3) is 0 Å². The summed E-state index contributed by atoms with van der Waals surface area (Å²) in [4.78, 5) is 13.1. The van der Waals surface area contributed by atoms with Crippen molar-refractivity contribution >= 4 is 33.4 Å². The van der Waals surface area contributed by atoms with Gasteiger partial charge in [-0.2, -0.15) is 4.31 Å². The number of benzene rings is 2. The molecule has 2 aliphatic rings. The van der Waals surface area contributed by atoms with E-state index in [4.69, 9.17) is 31.5 Å². The predicted molar refractivity (Wildman–Crippen MR) is 147 cm³/mol. The van der Waals surface area contributed by atoms with Gasteiger partial charge in [-0.1, -0.05) is 44.2 Å². The first kappa shape index (κ1) is 29.6. The molecule has 0 radical (unpaired) electrons. The lowest BCUT2D eigenvalue weighted by atomic mass is 10.0. The standard InChI is InChI=1S/C27H36ClN3O7S/c1-17(2)13-31(39(34,35)20-10-8-19(29)9-11-20)14-23(32)22(12-18-6-4-3-5-7-18)30-27(33)38-24-16-37-26-25(24)21(28)15-36-26/h3-11,17,21-26,32H,12-16,29H2,1-2H3,(H,30,33)/t21-,22-,23+,24-,25-,26+/m0/s1. The number of carbonyl (C=O) groups excluding carboxylic acids is 1. The molecule has 2 heterocycles. The number of alkyl carbamates (subject to hydrolysis) is 1. The number of ether oxygens (including phenoxy) is 3. The van der Waals surface area contributed by atoms with E-state index in [9.17, 15) is 18.3 Å². The Morgan fingerprint density at radius 1 is 1.13 bits per heavy atom. The van der Waals surface area contributed by atoms with E-state index in [0.717, 1.165) is 5.56 Å². The number of amides is 1. The third-order valence-corrected chi connectivity index (χ3v) is 9.07. The lowest BCUT2D eigenvalue weighted by Crippen LogP contribution is -2.52. The van der Waals surface area contributed by atoms with Crippen LogP contribution >= 0.6 is 11.6 Å². The number of nitrogens with zero attached hydrogens (tertiary/aromatic N) is 1. The van der Waals surface area contributed by atoms with Crippen molar-refractivity contribution in [2.24, 2.45) is 11.8 Å². The highest BCUT2D eigenvalue weighted by Crippen LogP contribution is 2.36. The summed E-state index contributed by atoms with van der Waals surface area (Å²) < 4.78 is 44.9. The number of fused-ring (bicyclic) bond motifs is 1. The van der Waals surface area contributed by atoms with Crippen LogP contribution in [-0.4, -0.2) is 80.1 Å². The van der Waals surface area contributed by atoms with E-state index < -0.39 is 40.7 Å². The molecule has 2 aromatic carbocycles. The van der Waals surface area contributed by atoms with E-state index in [2.05, 4.69) is 5.32 Å². The second-order valence-electron chi connectivity index (χ2n) is 10.4. The molecule has 2 saturated heterocycles. The SMILES string of the molecule is CC(C)CN(C[C@@H](O)[C@H](Cc1ccccc1)NC(=O)O[C@H]1CO[C@H]2OC[C@H](Cl)[C@H]21)S(=O)(=O)c1ccc(N)cc1. The molecule has 0 saturated carbocycles. The lowest BCUT2D eigenvalue weighted by Gasteiger charge is -2.31. The topological polar surface area (TPSA) is 140 Å². The highest BCUT2D eigenvalue weighted by molar-refractivity contribution is 7.89. The summed E-state index contributed by atoms with van der Waals surface area (Å²) in [5, 5.41) is 13.8. The number of rotatable bonds is 11. The van der Waals surface area contributed by atoms with Crippen molar-refractivity contribution in [2.75, 3.05) is 32.0 Å². The Hall–Kier alpha value is -2.41. The minimum Gasteiger partial charge on any atom is -0.443 e. The summed E-state index contributed by atoms with van der Waals surface area (Å²) in [6.07, 6.45) is -2.86. The van der Waals surface area contributed by atoms with Crippen molar-refractivity contribution in [3.8, 4) is 0 Å². The van der Waals surface area contributed by atoms with Crippen LogP contribution in [0.15, 0.2) is 59.5 Å². The Balaban J connectivity index is 1.51. The summed E-state index contributed by atoms with van der Waals surface area (Å²) in [6, 6.07) is 14.4. The Labute approximate surface area is 234 Å². The fourth-order valence-corrected chi connectivity index (χ4v) is 6.81. The molecule has 2 aliphatic heterocycles. The van der Waals surface area contributed by atoms with Crippen molar-refractivity contribution in [3.05, 3.63) is 60.2 Å². The van der Waals surface area contributed by atoms with Crippen LogP contribution < -0.4 is 11.1 Å². The normalized spacial score (nSPS) is 24.5. The molecule has 39 heavy (non-hydrogen) atoms. The minimum absolute atomic E-state index is 0.0151. The monoisotopic (exact) mass is 581 g/mol. The Kier molecular flexibility index (Phi) is 9.73. The maximum absolute atomic E-state index is 13.5. The number of nitrogens with two attached hydrogens (primary N) is 1. The number of alkyl halides is 1. The number of hydrogen-bond donors (Lipinski definition) is 3. The number of hydrogen-bond acceptors (Lipinski definition) is 8. The molecule has 10 nitrogen and oxygen atoms in total. The first-order valence-corrected chi connectivity index (χ1v) is 14.8. The number of carbonyl (C=O) groups is 1. The van der Waals surface area contributed by atoms with E-state index in [0.29, 0.717) is 12.3 Å². The number of aliphatic hydroxyl groups excluding tert-OH is 1. The van der Waals surface area contributed by atoms with Gasteiger partial charge in [-0.3, -0.25) is 0 Å². The van der Waals surface area contributed by atoms with Gasteiger partial charge in [-0.25, -0.2) is 13.2 Å². The van der Waals surface area contributed by atoms with Crippen LogP contribution in [0.1, 0.15) is 19.4 Å². The van der Waals surface area contributed by atoms with Crippen molar-refractivity contribution in [2.45, 2.75) is 55.1 Å². The van der Waals surface area contributed by atoms with Crippen LogP contribution in [0.5, 0.6) is 0 Å². The van der Waals surface area contributed by atoms with Gasteiger partial charge in [-0.15, -0.1) is 11.6 Å². The summed E-state index contributed by atoms with van der Waals surface area (Å²) in [5.41, 5.74) is 7.04. The van der Waals surface area contributed by atoms with Crippen LogP contribution in [0, 0.1) is 11.8 Å². The van der Waals surface area contributed by atoms with Crippen molar-refractivity contribution in [1.29, 1.82) is 0 Å². The smallest absolute Gasteiger partial charge is 0.407 e. The number of aliphatic hydroxyl groups is 1. The molecule has 0 unspecified atom stereocenters. The number of halogens is 1. The van der Waals surface area contributed by atoms with Crippen molar-refractivity contribution in [3.63, 3.8) is 0 Å². The molecule has 0 aromatic heterocycles. The molecule has 0 spiro atoms. The predicted octanol–water partition coefficient (Wildman–Crippen LogP) is 2.59. The fraction of sp³-hybridized carbons (Fsp3) is 0.519. The number of nitrogen functional groups attached to an aromatic ring is 1. The molecule has 6 atom stereocenters. The molecular weight excluding hydrogens is 546 g/mol. The number of nitrogens with one attached hydrogen (secondary N) is 1. The maximum atomic E-state index is 13.5. The van der Waals surface area contributed by atoms with Gasteiger partial charge < -0.3 is 30.4 Å². The molecule has 4 rings (SSSR count). The summed E-state index contributed by atoms with van der Waals surface area (Å²) in [7, 11) is -3.95. The zero-order chi connectivity index (χ0) is 28.2. The Morgan fingerprint density at radius 3 is 2.46 bits per heavy atom. The van der Waals surface area contributed by atoms with Crippen LogP contribution in [0.4, 0.5) is 10.5 Å². The second kappa shape index (κ2) is 12.8. The van der Waals surface area contributed by atoms with E-state index in [1.54, 1.807) is 0 Å². The molecule has 12 heteroatoms. The largest absolute Gasteiger partial charge is 0.443 e. The van der Waals surface area contributed by atoms with Gasteiger partial charge in [-0.05, 0) is 42.2 Å². The van der Waals surface area contributed by atoms with Crippen LogP contribution in [0.2, 0.25) is 0 Å². The molecule has 0 bridgehead atoms. The number of sulfonamides is 1. The Morgan fingerprint density at radius 2 is 1.79 bits per heavy atom. The second-order valence-corrected chi connectivity index (χ2v) is 12.9. The highest BCUT2D eigenvalue weighted by Gasteiger charge is 2.49. The minimum atomic E-state index is -3.95. The van der Waals surface area contributed by atoms with Gasteiger partial charge in [0.2, 0.25) is 10.0 Å². The molecule has 2 aromatic rings. The van der Waals surface area contributed by atoms with E-state index in [1.807, 2.05) is 44.2 Å². The average Bonchev–Trinajstić information content (AvgIpc) is 3.46. The first-order chi connectivity index (χ1) is 18.5. The Bertz CT molecular complexity index is 1200. The van der Waals surface area contributed by atoms with Crippen LogP contribution in [0.25, 0.3) is 0 Å². The molecule has 2 fully saturated rings. The quantitative estimate of drug-likeness (QED) is 0.272. The fourth-order valence-electron chi connectivity index (χ4n) is 4.84. The molecular formula is C27H36ClN3O7S. The highest BCUT2D eigenvalue weighted by atomic mass is 35.5. The lowest BCUT2D eigenvalue weighted by molar-refractivity contribution is -0.0907. The van der Waals surface area contributed by atoms with Crippen molar-refractivity contribution < 1.29 is 32.5 Å². The van der Waals surface area contributed by atoms with E-state index in [1.165, 1.54) is 28.6 Å². The van der Waals surface area contributed by atoms with E-state index in [-0.39, 0.29) is 48.2 Å². The maximum Gasteiger partial charge on any atom is 0.407 e. The van der Waals surface area contributed by atoms with Gasteiger partial charge in [0, 0.05) is 18.8 Å². The third kappa shape index (κ3) is 7.41. The zero-order valence-corrected chi connectivity index (χ0v) is 23.6. The van der Waals surface area contributed by atoms with Gasteiger partial charge in [0.15, 0.2) is 6.29 Å². The molecule has 1 amide bonds. The summed E-state index contributed by atoms with van der Waals surface area (Å²) in [5.74, 6) is -0.305. The average molecular weight is 582 g/mol. The van der Waals surface area contributed by atoms with Crippen LogP contribution in [0.3, 0.4) is 0 Å². The molecule has 4 N–H and O–H groups in total. The van der Waals surface area contributed by atoms with Gasteiger partial charge in [0.05, 0.1) is 41.6 Å².